The van der Waals surface area contributed by atoms with Crippen molar-refractivity contribution in [2.75, 3.05) is 0 Å². The van der Waals surface area contributed by atoms with E-state index in [0.29, 0.717) is 6.04 Å². The first-order valence-electron chi connectivity index (χ1n) is 8.42. The van der Waals surface area contributed by atoms with Crippen molar-refractivity contribution in [2.24, 2.45) is 17.8 Å². The zero-order valence-corrected chi connectivity index (χ0v) is 13.7. The Balaban J connectivity index is 2.00. The van der Waals surface area contributed by atoms with Crippen molar-refractivity contribution in [3.63, 3.8) is 0 Å². The Morgan fingerprint density at radius 1 is 1.15 bits per heavy atom. The molecule has 0 aromatic heterocycles. The first-order valence-corrected chi connectivity index (χ1v) is 8.42. The van der Waals surface area contributed by atoms with Crippen molar-refractivity contribution >= 4 is 0 Å². The average Bonchev–Trinajstić information content (AvgIpc) is 2.45. The predicted molar refractivity (Wildman–Crippen MR) is 87.8 cm³/mol. The number of benzene rings is 1. The summed E-state index contributed by atoms with van der Waals surface area (Å²) in [5.41, 5.74) is 2.97. The van der Waals surface area contributed by atoms with E-state index < -0.39 is 0 Å². The predicted octanol–water partition coefficient (Wildman–Crippen LogP) is 4.80. The summed E-state index contributed by atoms with van der Waals surface area (Å²) in [6, 6.07) is 9.56. The standard InChI is InChI=1S/C19H31N/c1-5-16-8-6-7-9-17(16)13-20-19-12-15(4)10-11-18(19)14(2)3/h6-9,14-15,18-20H,5,10-13H2,1-4H3. The van der Waals surface area contributed by atoms with Crippen LogP contribution in [0.1, 0.15) is 58.1 Å². The third-order valence-corrected chi connectivity index (χ3v) is 5.08. The molecule has 3 atom stereocenters. The topological polar surface area (TPSA) is 12.0 Å². The van der Waals surface area contributed by atoms with Gasteiger partial charge in [-0.05, 0) is 48.1 Å². The van der Waals surface area contributed by atoms with E-state index in [1.807, 2.05) is 0 Å². The Kier molecular flexibility index (Phi) is 5.65. The molecule has 112 valence electrons. The van der Waals surface area contributed by atoms with Gasteiger partial charge in [-0.1, -0.05) is 58.4 Å². The Morgan fingerprint density at radius 3 is 2.50 bits per heavy atom. The van der Waals surface area contributed by atoms with Crippen LogP contribution in [0.3, 0.4) is 0 Å². The summed E-state index contributed by atoms with van der Waals surface area (Å²) in [7, 11) is 0. The van der Waals surface area contributed by atoms with Crippen LogP contribution in [-0.2, 0) is 13.0 Å². The maximum absolute atomic E-state index is 3.87. The fraction of sp³-hybridized carbons (Fsp3) is 0.684. The van der Waals surface area contributed by atoms with Crippen LogP contribution in [0.4, 0.5) is 0 Å². The van der Waals surface area contributed by atoms with Crippen LogP contribution >= 0.6 is 0 Å². The molecule has 1 fully saturated rings. The Morgan fingerprint density at radius 2 is 1.85 bits per heavy atom. The fourth-order valence-corrected chi connectivity index (χ4v) is 3.75. The van der Waals surface area contributed by atoms with Gasteiger partial charge in [0.2, 0.25) is 0 Å². The maximum Gasteiger partial charge on any atom is 0.0210 e. The van der Waals surface area contributed by atoms with Gasteiger partial charge in [-0.25, -0.2) is 0 Å². The zero-order chi connectivity index (χ0) is 14.5. The minimum absolute atomic E-state index is 0.698. The lowest BCUT2D eigenvalue weighted by molar-refractivity contribution is 0.169. The molecule has 1 aliphatic rings. The molecule has 1 heteroatoms. The van der Waals surface area contributed by atoms with Crippen molar-refractivity contribution in [2.45, 2.75) is 66.0 Å². The number of aryl methyl sites for hydroxylation is 1. The highest BCUT2D eigenvalue weighted by Gasteiger charge is 2.30. The monoisotopic (exact) mass is 273 g/mol. The van der Waals surface area contributed by atoms with Crippen molar-refractivity contribution in [3.05, 3.63) is 35.4 Å². The molecule has 0 aliphatic heterocycles. The second-order valence-electron chi connectivity index (χ2n) is 6.94. The molecule has 1 aromatic rings. The molecular weight excluding hydrogens is 242 g/mol. The van der Waals surface area contributed by atoms with E-state index in [4.69, 9.17) is 0 Å². The van der Waals surface area contributed by atoms with Crippen LogP contribution in [-0.4, -0.2) is 6.04 Å². The number of rotatable bonds is 5. The summed E-state index contributed by atoms with van der Waals surface area (Å²) >= 11 is 0. The van der Waals surface area contributed by atoms with Crippen LogP contribution in [0.2, 0.25) is 0 Å². The Bertz CT molecular complexity index is 410. The van der Waals surface area contributed by atoms with E-state index in [0.717, 1.165) is 30.7 Å². The molecule has 0 spiro atoms. The fourth-order valence-electron chi connectivity index (χ4n) is 3.75. The normalized spacial score (nSPS) is 26.9. The first-order chi connectivity index (χ1) is 9.61. The number of nitrogens with one attached hydrogen (secondary N) is 1. The van der Waals surface area contributed by atoms with Crippen molar-refractivity contribution in [1.29, 1.82) is 0 Å². The quantitative estimate of drug-likeness (QED) is 0.812. The second-order valence-corrected chi connectivity index (χ2v) is 6.94. The van der Waals surface area contributed by atoms with Crippen LogP contribution in [0.25, 0.3) is 0 Å². The Labute approximate surface area is 125 Å². The van der Waals surface area contributed by atoms with Gasteiger partial charge in [0.25, 0.3) is 0 Å². The molecule has 3 unspecified atom stereocenters. The first kappa shape index (κ1) is 15.6. The number of hydrogen-bond acceptors (Lipinski definition) is 1. The largest absolute Gasteiger partial charge is 0.310 e. The molecule has 0 bridgehead atoms. The smallest absolute Gasteiger partial charge is 0.0210 e. The summed E-state index contributed by atoms with van der Waals surface area (Å²) in [5, 5.41) is 3.87. The van der Waals surface area contributed by atoms with E-state index in [1.54, 1.807) is 0 Å². The van der Waals surface area contributed by atoms with E-state index in [-0.39, 0.29) is 0 Å². The van der Waals surface area contributed by atoms with Gasteiger partial charge in [0.1, 0.15) is 0 Å². The van der Waals surface area contributed by atoms with E-state index >= 15 is 0 Å². The molecule has 1 aromatic carbocycles. The third kappa shape index (κ3) is 3.85. The minimum atomic E-state index is 0.698. The Hall–Kier alpha value is -0.820. The summed E-state index contributed by atoms with van der Waals surface area (Å²) in [5.74, 6) is 2.52. The maximum atomic E-state index is 3.87. The highest BCUT2D eigenvalue weighted by molar-refractivity contribution is 5.26. The summed E-state index contributed by atoms with van der Waals surface area (Å²) in [6.07, 6.45) is 5.28. The molecular formula is C19H31N. The molecule has 0 radical (unpaired) electrons. The van der Waals surface area contributed by atoms with Gasteiger partial charge < -0.3 is 5.32 Å². The van der Waals surface area contributed by atoms with Gasteiger partial charge in [-0.2, -0.15) is 0 Å². The van der Waals surface area contributed by atoms with Crippen LogP contribution in [0.15, 0.2) is 24.3 Å². The van der Waals surface area contributed by atoms with E-state index in [1.165, 1.54) is 30.4 Å². The average molecular weight is 273 g/mol. The summed E-state index contributed by atoms with van der Waals surface area (Å²) < 4.78 is 0. The summed E-state index contributed by atoms with van der Waals surface area (Å²) in [4.78, 5) is 0. The van der Waals surface area contributed by atoms with Gasteiger partial charge >= 0.3 is 0 Å². The lowest BCUT2D eigenvalue weighted by Gasteiger charge is -2.38. The van der Waals surface area contributed by atoms with Gasteiger partial charge in [-0.15, -0.1) is 0 Å². The van der Waals surface area contributed by atoms with Gasteiger partial charge in [0, 0.05) is 12.6 Å². The molecule has 0 heterocycles. The molecule has 1 saturated carbocycles. The van der Waals surface area contributed by atoms with Crippen molar-refractivity contribution < 1.29 is 0 Å². The molecule has 1 nitrogen and oxygen atoms in total. The summed E-state index contributed by atoms with van der Waals surface area (Å²) in [6.45, 7) is 10.5. The zero-order valence-electron chi connectivity index (χ0n) is 13.7. The van der Waals surface area contributed by atoms with Gasteiger partial charge in [0.15, 0.2) is 0 Å². The van der Waals surface area contributed by atoms with Gasteiger partial charge in [0.05, 0.1) is 0 Å². The molecule has 20 heavy (non-hydrogen) atoms. The SMILES string of the molecule is CCc1ccccc1CNC1CC(C)CCC1C(C)C. The van der Waals surface area contributed by atoms with E-state index in [2.05, 4.69) is 57.3 Å². The molecule has 1 aliphatic carbocycles. The molecule has 2 rings (SSSR count). The van der Waals surface area contributed by atoms with E-state index in [9.17, 15) is 0 Å². The third-order valence-electron chi connectivity index (χ3n) is 5.08. The van der Waals surface area contributed by atoms with Crippen LogP contribution in [0.5, 0.6) is 0 Å². The lowest BCUT2D eigenvalue weighted by Crippen LogP contribution is -2.42. The lowest BCUT2D eigenvalue weighted by atomic mass is 9.74. The second kappa shape index (κ2) is 7.26. The minimum Gasteiger partial charge on any atom is -0.310 e. The highest BCUT2D eigenvalue weighted by Crippen LogP contribution is 2.33. The molecule has 1 N–H and O–H groups in total. The van der Waals surface area contributed by atoms with Crippen molar-refractivity contribution in [1.82, 2.24) is 5.32 Å². The van der Waals surface area contributed by atoms with Crippen LogP contribution in [0, 0.1) is 17.8 Å². The molecule has 0 amide bonds. The highest BCUT2D eigenvalue weighted by atomic mass is 14.9. The van der Waals surface area contributed by atoms with Crippen LogP contribution < -0.4 is 5.32 Å². The van der Waals surface area contributed by atoms with Crippen molar-refractivity contribution in [3.8, 4) is 0 Å². The molecule has 0 saturated heterocycles. The van der Waals surface area contributed by atoms with Gasteiger partial charge in [-0.3, -0.25) is 0 Å². The number of hydrogen-bond donors (Lipinski definition) is 1.